The van der Waals surface area contributed by atoms with Crippen molar-refractivity contribution >= 4 is 34.0 Å². The zero-order valence-electron chi connectivity index (χ0n) is 12.5. The van der Waals surface area contributed by atoms with Crippen molar-refractivity contribution in [3.63, 3.8) is 0 Å². The maximum absolute atomic E-state index is 12.6. The molecule has 5 nitrogen and oxygen atoms in total. The van der Waals surface area contributed by atoms with Crippen LogP contribution >= 0.6 is 24.0 Å². The second-order valence-corrected chi connectivity index (χ2v) is 7.46. The number of nitrogens with one attached hydrogen (secondary N) is 1. The number of hydrogen-bond acceptors (Lipinski definition) is 4. The van der Waals surface area contributed by atoms with E-state index in [0.717, 1.165) is 5.56 Å². The molecule has 22 heavy (non-hydrogen) atoms. The zero-order valence-corrected chi connectivity index (χ0v) is 14.9. The van der Waals surface area contributed by atoms with Gasteiger partial charge in [0.2, 0.25) is 10.0 Å². The summed E-state index contributed by atoms with van der Waals surface area (Å²) < 4.78 is 31.6. The topological polar surface area (TPSA) is 58.6 Å². The molecule has 1 atom stereocenters. The monoisotopic (exact) mass is 368 g/mol. The summed E-state index contributed by atoms with van der Waals surface area (Å²) in [6, 6.07) is 7.16. The molecule has 1 fully saturated rings. The summed E-state index contributed by atoms with van der Waals surface area (Å²) in [5.74, 6) is 0.0990. The van der Waals surface area contributed by atoms with Gasteiger partial charge in [-0.15, -0.1) is 12.4 Å². The fourth-order valence-corrected chi connectivity index (χ4v) is 4.46. The highest BCUT2D eigenvalue weighted by Crippen LogP contribution is 2.30. The van der Waals surface area contributed by atoms with Crippen molar-refractivity contribution in [2.24, 2.45) is 0 Å². The van der Waals surface area contributed by atoms with Gasteiger partial charge in [0.15, 0.2) is 0 Å². The second-order valence-electron chi connectivity index (χ2n) is 5.01. The number of sulfonamides is 1. The molecule has 2 rings (SSSR count). The second kappa shape index (κ2) is 9.05. The first-order chi connectivity index (χ1) is 10.1. The summed E-state index contributed by atoms with van der Waals surface area (Å²) in [5, 5.41) is 3.84. The van der Waals surface area contributed by atoms with Gasteiger partial charge < -0.3 is 10.1 Å². The summed E-state index contributed by atoms with van der Waals surface area (Å²) in [6.45, 7) is 2.14. The van der Waals surface area contributed by atoms with Crippen molar-refractivity contribution < 1.29 is 13.2 Å². The Morgan fingerprint density at radius 1 is 1.41 bits per heavy atom. The van der Waals surface area contributed by atoms with Gasteiger partial charge in [0.25, 0.3) is 0 Å². The maximum Gasteiger partial charge on any atom is 0.214 e. The Morgan fingerprint density at radius 2 is 2.14 bits per heavy atom. The van der Waals surface area contributed by atoms with E-state index in [0.29, 0.717) is 37.7 Å². The van der Waals surface area contributed by atoms with E-state index >= 15 is 0 Å². The number of rotatable bonds is 6. The van der Waals surface area contributed by atoms with Crippen LogP contribution in [0.3, 0.4) is 0 Å². The molecule has 1 aliphatic heterocycles. The molecule has 126 valence electrons. The number of hydrogen-bond donors (Lipinski definition) is 1. The van der Waals surface area contributed by atoms with Gasteiger partial charge in [0.05, 0.1) is 11.8 Å². The SMILES string of the molecule is COCCCS(=O)(=O)N1CCNCC1c1ccccc1Cl.Cl. The molecule has 0 radical (unpaired) electrons. The van der Waals surface area contributed by atoms with E-state index in [1.165, 1.54) is 0 Å². The average molecular weight is 369 g/mol. The van der Waals surface area contributed by atoms with E-state index < -0.39 is 10.0 Å². The van der Waals surface area contributed by atoms with Crippen LogP contribution in [0.5, 0.6) is 0 Å². The summed E-state index contributed by atoms with van der Waals surface area (Å²) in [7, 11) is -1.74. The van der Waals surface area contributed by atoms with Gasteiger partial charge in [-0.05, 0) is 18.1 Å². The molecule has 1 aliphatic rings. The van der Waals surface area contributed by atoms with Crippen molar-refractivity contribution in [2.45, 2.75) is 12.5 Å². The predicted octanol–water partition coefficient (Wildman–Crippen LogP) is 2.07. The van der Waals surface area contributed by atoms with E-state index in [1.807, 2.05) is 18.2 Å². The molecular weight excluding hydrogens is 347 g/mol. The molecule has 8 heteroatoms. The highest BCUT2D eigenvalue weighted by molar-refractivity contribution is 7.89. The molecule has 1 aromatic rings. The number of halogens is 2. The lowest BCUT2D eigenvalue weighted by molar-refractivity contribution is 0.198. The third-order valence-electron chi connectivity index (χ3n) is 3.57. The minimum atomic E-state index is -3.31. The number of benzene rings is 1. The smallest absolute Gasteiger partial charge is 0.214 e. The summed E-state index contributed by atoms with van der Waals surface area (Å²) in [5.41, 5.74) is 0.849. The number of methoxy groups -OCH3 is 1. The third kappa shape index (κ3) is 4.81. The Hall–Kier alpha value is -0.370. The van der Waals surface area contributed by atoms with Crippen LogP contribution in [0.15, 0.2) is 24.3 Å². The van der Waals surface area contributed by atoms with Crippen molar-refractivity contribution in [1.82, 2.24) is 9.62 Å². The molecule has 0 aliphatic carbocycles. The van der Waals surface area contributed by atoms with Gasteiger partial charge in [0.1, 0.15) is 0 Å². The summed E-state index contributed by atoms with van der Waals surface area (Å²) in [6.07, 6.45) is 0.498. The fourth-order valence-electron chi connectivity index (χ4n) is 2.53. The first-order valence-corrected chi connectivity index (χ1v) is 8.98. The Morgan fingerprint density at radius 3 is 2.82 bits per heavy atom. The van der Waals surface area contributed by atoms with Gasteiger partial charge in [-0.2, -0.15) is 4.31 Å². The average Bonchev–Trinajstić information content (AvgIpc) is 2.48. The van der Waals surface area contributed by atoms with Crippen molar-refractivity contribution in [3.8, 4) is 0 Å². The van der Waals surface area contributed by atoms with E-state index in [4.69, 9.17) is 16.3 Å². The van der Waals surface area contributed by atoms with Crippen LogP contribution in [0, 0.1) is 0 Å². The lowest BCUT2D eigenvalue weighted by atomic mass is 10.1. The van der Waals surface area contributed by atoms with Crippen molar-refractivity contribution in [2.75, 3.05) is 39.1 Å². The molecule has 1 N–H and O–H groups in total. The molecule has 1 heterocycles. The summed E-state index contributed by atoms with van der Waals surface area (Å²) in [4.78, 5) is 0. The zero-order chi connectivity index (χ0) is 15.3. The number of nitrogens with zero attached hydrogens (tertiary/aromatic N) is 1. The van der Waals surface area contributed by atoms with Crippen LogP contribution in [-0.2, 0) is 14.8 Å². The van der Waals surface area contributed by atoms with Crippen LogP contribution < -0.4 is 5.32 Å². The number of ether oxygens (including phenoxy) is 1. The molecule has 0 aromatic heterocycles. The standard InChI is InChI=1S/C14H21ClN2O3S.ClH/c1-20-9-4-10-21(18,19)17-8-7-16-11-14(17)12-5-2-3-6-13(12)15;/h2-3,5-6,14,16H,4,7-11H2,1H3;1H. The van der Waals surface area contributed by atoms with Gasteiger partial charge in [-0.1, -0.05) is 29.8 Å². The quantitative estimate of drug-likeness (QED) is 0.780. The third-order valence-corrected chi connectivity index (χ3v) is 5.87. The van der Waals surface area contributed by atoms with E-state index in [1.54, 1.807) is 17.5 Å². The van der Waals surface area contributed by atoms with Crippen molar-refractivity contribution in [1.29, 1.82) is 0 Å². The molecule has 1 aromatic carbocycles. The first kappa shape index (κ1) is 19.7. The van der Waals surface area contributed by atoms with Gasteiger partial charge >= 0.3 is 0 Å². The fraction of sp³-hybridized carbons (Fsp3) is 0.571. The Balaban J connectivity index is 0.00000242. The van der Waals surface area contributed by atoms with E-state index in [9.17, 15) is 8.42 Å². The lowest BCUT2D eigenvalue weighted by Gasteiger charge is -2.35. The molecular formula is C14H22Cl2N2O3S. The molecule has 0 amide bonds. The van der Waals surface area contributed by atoms with E-state index in [2.05, 4.69) is 5.32 Å². The largest absolute Gasteiger partial charge is 0.385 e. The van der Waals surface area contributed by atoms with Crippen molar-refractivity contribution in [3.05, 3.63) is 34.9 Å². The van der Waals surface area contributed by atoms with Crippen LogP contribution in [0.1, 0.15) is 18.0 Å². The maximum atomic E-state index is 12.6. The highest BCUT2D eigenvalue weighted by Gasteiger charge is 2.33. The minimum Gasteiger partial charge on any atom is -0.385 e. The van der Waals surface area contributed by atoms with Crippen LogP contribution in [0.4, 0.5) is 0 Å². The highest BCUT2D eigenvalue weighted by atomic mass is 35.5. The van der Waals surface area contributed by atoms with Gasteiger partial charge in [0, 0.05) is 38.4 Å². The number of piperazine rings is 1. The summed E-state index contributed by atoms with van der Waals surface area (Å²) >= 11 is 6.23. The Labute approximate surface area is 143 Å². The van der Waals surface area contributed by atoms with E-state index in [-0.39, 0.29) is 24.2 Å². The molecule has 1 unspecified atom stereocenters. The predicted molar refractivity (Wildman–Crippen MR) is 91.3 cm³/mol. The molecule has 1 saturated heterocycles. The Bertz CT molecular complexity index is 569. The molecule has 0 bridgehead atoms. The minimum absolute atomic E-state index is 0. The van der Waals surface area contributed by atoms with Crippen LogP contribution in [0.25, 0.3) is 0 Å². The normalized spacial score (nSPS) is 19.6. The van der Waals surface area contributed by atoms with Gasteiger partial charge in [-0.3, -0.25) is 0 Å². The molecule has 0 spiro atoms. The Kier molecular flexibility index (Phi) is 8.10. The first-order valence-electron chi connectivity index (χ1n) is 7.00. The van der Waals surface area contributed by atoms with Crippen LogP contribution in [0.2, 0.25) is 5.02 Å². The molecule has 0 saturated carbocycles. The van der Waals surface area contributed by atoms with Crippen LogP contribution in [-0.4, -0.2) is 51.8 Å². The van der Waals surface area contributed by atoms with Gasteiger partial charge in [-0.25, -0.2) is 8.42 Å². The lowest BCUT2D eigenvalue weighted by Crippen LogP contribution is -2.49.